The third-order valence-corrected chi connectivity index (χ3v) is 4.62. The molecule has 2 aromatic rings. The first-order valence-corrected chi connectivity index (χ1v) is 8.28. The first kappa shape index (κ1) is 19.3. The number of benzene rings is 2. The van der Waals surface area contributed by atoms with Crippen molar-refractivity contribution in [3.05, 3.63) is 71.5 Å². The van der Waals surface area contributed by atoms with E-state index < -0.39 is 42.4 Å². The molecule has 1 unspecified atom stereocenters. The van der Waals surface area contributed by atoms with Crippen molar-refractivity contribution in [2.24, 2.45) is 0 Å². The molecule has 2 aromatic carbocycles. The van der Waals surface area contributed by atoms with Crippen LogP contribution < -0.4 is 0 Å². The van der Waals surface area contributed by atoms with Crippen molar-refractivity contribution in [3.63, 3.8) is 0 Å². The second-order valence-corrected chi connectivity index (χ2v) is 6.44. The minimum atomic E-state index is -4.83. The fourth-order valence-corrected chi connectivity index (χ4v) is 3.04. The van der Waals surface area contributed by atoms with Crippen molar-refractivity contribution in [3.8, 4) is 0 Å². The average Bonchev–Trinajstić information content (AvgIpc) is 2.64. The summed E-state index contributed by atoms with van der Waals surface area (Å²) in [5.41, 5.74) is -2.37. The Hall–Kier alpha value is -2.45. The van der Waals surface area contributed by atoms with Gasteiger partial charge in [0.15, 0.2) is 5.60 Å². The lowest BCUT2D eigenvalue weighted by atomic mass is 9.84. The van der Waals surface area contributed by atoms with E-state index in [1.165, 1.54) is 24.3 Å². The standard InChI is InChI=1S/C19H17F4NO3/c20-15-8-6-13(7-9-15)16-12-18(26,19(21,22)23)10-11-24(16)27-17(25)14-4-2-1-3-5-14/h1-9,16,26H,10-12H2/t16?,18-/m0/s1. The normalized spacial score (nSPS) is 23.8. The molecule has 0 aromatic heterocycles. The van der Waals surface area contributed by atoms with Gasteiger partial charge in [0.25, 0.3) is 0 Å². The van der Waals surface area contributed by atoms with Crippen LogP contribution in [0.2, 0.25) is 0 Å². The van der Waals surface area contributed by atoms with Gasteiger partial charge in [-0.1, -0.05) is 30.3 Å². The van der Waals surface area contributed by atoms with Crippen LogP contribution in [0.4, 0.5) is 17.6 Å². The summed E-state index contributed by atoms with van der Waals surface area (Å²) in [6, 6.07) is 11.8. The number of rotatable bonds is 3. The van der Waals surface area contributed by atoms with Gasteiger partial charge in [-0.05, 0) is 29.8 Å². The second kappa shape index (κ2) is 7.28. The van der Waals surface area contributed by atoms with Gasteiger partial charge in [0, 0.05) is 19.4 Å². The molecular weight excluding hydrogens is 366 g/mol. The molecular formula is C19H17F4NO3. The fraction of sp³-hybridized carbons (Fsp3) is 0.316. The molecule has 0 spiro atoms. The molecule has 1 saturated heterocycles. The average molecular weight is 383 g/mol. The topological polar surface area (TPSA) is 49.8 Å². The molecule has 8 heteroatoms. The van der Waals surface area contributed by atoms with Crippen molar-refractivity contribution in [2.45, 2.75) is 30.7 Å². The van der Waals surface area contributed by atoms with Crippen LogP contribution in [0.15, 0.2) is 54.6 Å². The quantitative estimate of drug-likeness (QED) is 0.814. The van der Waals surface area contributed by atoms with Crippen molar-refractivity contribution in [1.82, 2.24) is 5.06 Å². The first-order valence-electron chi connectivity index (χ1n) is 8.28. The second-order valence-electron chi connectivity index (χ2n) is 6.44. The number of carbonyl (C=O) groups is 1. The summed E-state index contributed by atoms with van der Waals surface area (Å²) in [5, 5.41) is 11.2. The number of carbonyl (C=O) groups excluding carboxylic acids is 1. The Bertz CT molecular complexity index is 795. The Morgan fingerprint density at radius 1 is 1.11 bits per heavy atom. The highest BCUT2D eigenvalue weighted by atomic mass is 19.4. The molecule has 0 bridgehead atoms. The summed E-state index contributed by atoms with van der Waals surface area (Å²) in [5.74, 6) is -1.27. The summed E-state index contributed by atoms with van der Waals surface area (Å²) in [7, 11) is 0. The predicted octanol–water partition coefficient (Wildman–Crippen LogP) is 4.03. The number of hydroxylamine groups is 2. The van der Waals surface area contributed by atoms with Crippen molar-refractivity contribution in [2.75, 3.05) is 6.54 Å². The SMILES string of the molecule is O=C(ON1CC[C@@](O)(C(F)(F)F)CC1c1ccc(F)cc1)c1ccccc1. The number of nitrogens with zero attached hydrogens (tertiary/aromatic N) is 1. The molecule has 0 aliphatic carbocycles. The number of aliphatic hydroxyl groups is 1. The zero-order valence-electron chi connectivity index (χ0n) is 14.1. The molecule has 3 rings (SSSR count). The van der Waals surface area contributed by atoms with E-state index in [4.69, 9.17) is 4.84 Å². The summed E-state index contributed by atoms with van der Waals surface area (Å²) in [6.45, 7) is -0.323. The summed E-state index contributed by atoms with van der Waals surface area (Å²) >= 11 is 0. The Balaban J connectivity index is 1.87. The van der Waals surface area contributed by atoms with Gasteiger partial charge >= 0.3 is 12.1 Å². The maximum atomic E-state index is 13.3. The summed E-state index contributed by atoms with van der Waals surface area (Å²) in [4.78, 5) is 17.6. The van der Waals surface area contributed by atoms with E-state index in [0.29, 0.717) is 5.56 Å². The molecule has 2 atom stereocenters. The van der Waals surface area contributed by atoms with Gasteiger partial charge in [-0.15, -0.1) is 5.06 Å². The van der Waals surface area contributed by atoms with E-state index in [0.717, 1.165) is 17.2 Å². The van der Waals surface area contributed by atoms with Crippen LogP contribution in [-0.2, 0) is 4.84 Å². The van der Waals surface area contributed by atoms with Crippen LogP contribution >= 0.6 is 0 Å². The van der Waals surface area contributed by atoms with Crippen LogP contribution in [0, 0.1) is 5.82 Å². The zero-order chi connectivity index (χ0) is 19.7. The highest BCUT2D eigenvalue weighted by Crippen LogP contribution is 2.45. The lowest BCUT2D eigenvalue weighted by Crippen LogP contribution is -2.54. The molecule has 0 amide bonds. The Kier molecular flexibility index (Phi) is 5.21. The molecule has 144 valence electrons. The molecule has 1 aliphatic rings. The predicted molar refractivity (Wildman–Crippen MR) is 87.9 cm³/mol. The molecule has 1 fully saturated rings. The maximum absolute atomic E-state index is 13.3. The van der Waals surface area contributed by atoms with E-state index in [1.54, 1.807) is 18.2 Å². The van der Waals surface area contributed by atoms with Crippen molar-refractivity contribution in [1.29, 1.82) is 0 Å². The van der Waals surface area contributed by atoms with Gasteiger partial charge in [-0.25, -0.2) is 9.18 Å². The van der Waals surface area contributed by atoms with Gasteiger partial charge in [0.2, 0.25) is 0 Å². The molecule has 1 N–H and O–H groups in total. The molecule has 1 heterocycles. The van der Waals surface area contributed by atoms with Crippen LogP contribution in [0.1, 0.15) is 34.8 Å². The number of piperidine rings is 1. The Morgan fingerprint density at radius 3 is 2.33 bits per heavy atom. The molecule has 27 heavy (non-hydrogen) atoms. The number of alkyl halides is 3. The molecule has 4 nitrogen and oxygen atoms in total. The molecule has 0 saturated carbocycles. The summed E-state index contributed by atoms with van der Waals surface area (Å²) in [6.07, 6.45) is -6.21. The van der Waals surface area contributed by atoms with Gasteiger partial charge < -0.3 is 9.94 Å². The number of hydrogen-bond donors (Lipinski definition) is 1. The lowest BCUT2D eigenvalue weighted by Gasteiger charge is -2.43. The van der Waals surface area contributed by atoms with E-state index in [9.17, 15) is 27.5 Å². The lowest BCUT2D eigenvalue weighted by molar-refractivity contribution is -0.296. The Labute approximate surface area is 152 Å². The zero-order valence-corrected chi connectivity index (χ0v) is 14.1. The minimum absolute atomic E-state index is 0.243. The van der Waals surface area contributed by atoms with Gasteiger partial charge in [-0.3, -0.25) is 0 Å². The summed E-state index contributed by atoms with van der Waals surface area (Å²) < 4.78 is 53.1. The van der Waals surface area contributed by atoms with E-state index >= 15 is 0 Å². The van der Waals surface area contributed by atoms with Crippen LogP contribution in [0.25, 0.3) is 0 Å². The smallest absolute Gasteiger partial charge is 0.380 e. The minimum Gasteiger partial charge on any atom is -0.380 e. The third-order valence-electron chi connectivity index (χ3n) is 4.62. The van der Waals surface area contributed by atoms with Crippen LogP contribution in [-0.4, -0.2) is 34.5 Å². The van der Waals surface area contributed by atoms with E-state index in [-0.39, 0.29) is 12.1 Å². The number of hydrogen-bond acceptors (Lipinski definition) is 4. The number of halogens is 4. The van der Waals surface area contributed by atoms with Crippen molar-refractivity contribution >= 4 is 5.97 Å². The fourth-order valence-electron chi connectivity index (χ4n) is 3.04. The molecule has 0 radical (unpaired) electrons. The van der Waals surface area contributed by atoms with Gasteiger partial charge in [0.1, 0.15) is 5.82 Å². The third kappa shape index (κ3) is 4.12. The van der Waals surface area contributed by atoms with Crippen molar-refractivity contribution < 1.29 is 32.3 Å². The van der Waals surface area contributed by atoms with Gasteiger partial charge in [0.05, 0.1) is 11.6 Å². The molecule has 1 aliphatic heterocycles. The first-order chi connectivity index (χ1) is 12.7. The van der Waals surface area contributed by atoms with Crippen LogP contribution in [0.3, 0.4) is 0 Å². The van der Waals surface area contributed by atoms with E-state index in [1.807, 2.05) is 0 Å². The van der Waals surface area contributed by atoms with Gasteiger partial charge in [-0.2, -0.15) is 13.2 Å². The van der Waals surface area contributed by atoms with E-state index in [2.05, 4.69) is 0 Å². The monoisotopic (exact) mass is 383 g/mol. The highest BCUT2D eigenvalue weighted by Gasteiger charge is 2.57. The Morgan fingerprint density at radius 2 is 1.74 bits per heavy atom. The van der Waals surface area contributed by atoms with Crippen LogP contribution in [0.5, 0.6) is 0 Å². The maximum Gasteiger partial charge on any atom is 0.417 e. The highest BCUT2D eigenvalue weighted by molar-refractivity contribution is 5.89. The largest absolute Gasteiger partial charge is 0.417 e.